The number of nitrogens with zero attached hydrogens (tertiary/aromatic N) is 2. The molecular formula is C20H33N3. The van der Waals surface area contributed by atoms with Gasteiger partial charge in [0, 0.05) is 32.2 Å². The molecule has 128 valence electrons. The highest BCUT2D eigenvalue weighted by Crippen LogP contribution is 2.28. The third kappa shape index (κ3) is 5.30. The van der Waals surface area contributed by atoms with Crippen molar-refractivity contribution in [2.75, 3.05) is 46.3 Å². The van der Waals surface area contributed by atoms with Gasteiger partial charge in [0.2, 0.25) is 0 Å². The summed E-state index contributed by atoms with van der Waals surface area (Å²) in [5, 5.41) is 3.86. The van der Waals surface area contributed by atoms with Crippen LogP contribution in [0.5, 0.6) is 0 Å². The highest BCUT2D eigenvalue weighted by Gasteiger charge is 2.26. The van der Waals surface area contributed by atoms with Crippen LogP contribution in [0.15, 0.2) is 30.3 Å². The molecule has 1 aliphatic heterocycles. The molecule has 2 aliphatic rings. The van der Waals surface area contributed by atoms with E-state index in [1.54, 1.807) is 0 Å². The molecule has 1 N–H and O–H groups in total. The van der Waals surface area contributed by atoms with Gasteiger partial charge in [-0.05, 0) is 57.3 Å². The molecule has 0 amide bonds. The van der Waals surface area contributed by atoms with E-state index >= 15 is 0 Å². The third-order valence-electron chi connectivity index (χ3n) is 5.65. The van der Waals surface area contributed by atoms with Gasteiger partial charge in [0.15, 0.2) is 0 Å². The van der Waals surface area contributed by atoms with Gasteiger partial charge < -0.3 is 15.1 Å². The lowest BCUT2D eigenvalue weighted by Gasteiger charge is -2.32. The second kappa shape index (κ2) is 8.81. The number of nitrogens with one attached hydrogen (secondary N) is 1. The molecular weight excluding hydrogens is 282 g/mol. The summed E-state index contributed by atoms with van der Waals surface area (Å²) in [6.07, 6.45) is 6.69. The Morgan fingerprint density at radius 1 is 1.04 bits per heavy atom. The molecule has 0 radical (unpaired) electrons. The van der Waals surface area contributed by atoms with Crippen molar-refractivity contribution in [1.82, 2.24) is 15.1 Å². The maximum Gasteiger partial charge on any atom is 0.0110 e. The van der Waals surface area contributed by atoms with Crippen LogP contribution in [0.1, 0.15) is 31.2 Å². The highest BCUT2D eigenvalue weighted by atomic mass is 15.2. The molecule has 1 aliphatic carbocycles. The van der Waals surface area contributed by atoms with Crippen molar-refractivity contribution in [3.8, 4) is 0 Å². The molecule has 1 aromatic carbocycles. The van der Waals surface area contributed by atoms with Gasteiger partial charge in [-0.25, -0.2) is 0 Å². The van der Waals surface area contributed by atoms with Crippen LogP contribution < -0.4 is 5.32 Å². The Balaban J connectivity index is 1.34. The summed E-state index contributed by atoms with van der Waals surface area (Å²) < 4.78 is 0. The lowest BCUT2D eigenvalue weighted by molar-refractivity contribution is 0.152. The third-order valence-corrected chi connectivity index (χ3v) is 5.65. The molecule has 0 unspecified atom stereocenters. The van der Waals surface area contributed by atoms with E-state index in [1.807, 2.05) is 0 Å². The standard InChI is InChI=1S/C20H33N3/c1-22-13-15-23(16-14-22)12-6-11-21-20-10-5-9-19(20)17-18-7-3-2-4-8-18/h2-4,7-8,19-21H,5-6,9-17H2,1H3/t19-,20-/m0/s1. The van der Waals surface area contributed by atoms with Gasteiger partial charge in [-0.2, -0.15) is 0 Å². The van der Waals surface area contributed by atoms with E-state index < -0.39 is 0 Å². The first-order valence-electron chi connectivity index (χ1n) is 9.49. The molecule has 3 heteroatoms. The molecule has 0 bridgehead atoms. The zero-order chi connectivity index (χ0) is 15.9. The summed E-state index contributed by atoms with van der Waals surface area (Å²) in [6.45, 7) is 7.40. The van der Waals surface area contributed by atoms with Crippen LogP contribution in [0.4, 0.5) is 0 Å². The van der Waals surface area contributed by atoms with E-state index in [2.05, 4.69) is 52.5 Å². The average Bonchev–Trinajstić information content (AvgIpc) is 3.01. The number of likely N-dealkylation sites (N-methyl/N-ethyl adjacent to an activating group) is 1. The number of piperazine rings is 1. The number of benzene rings is 1. The Hall–Kier alpha value is -0.900. The molecule has 0 aromatic heterocycles. The Labute approximate surface area is 142 Å². The second-order valence-electron chi connectivity index (χ2n) is 7.44. The van der Waals surface area contributed by atoms with Crippen molar-refractivity contribution >= 4 is 0 Å². The summed E-state index contributed by atoms with van der Waals surface area (Å²) in [4.78, 5) is 5.05. The molecule has 1 aromatic rings. The Bertz CT molecular complexity index is 439. The summed E-state index contributed by atoms with van der Waals surface area (Å²) in [5.74, 6) is 0.834. The number of rotatable bonds is 7. The van der Waals surface area contributed by atoms with Crippen molar-refractivity contribution in [1.29, 1.82) is 0 Å². The lowest BCUT2D eigenvalue weighted by atomic mass is 9.94. The van der Waals surface area contributed by atoms with Crippen LogP contribution >= 0.6 is 0 Å². The van der Waals surface area contributed by atoms with E-state index in [4.69, 9.17) is 0 Å². The second-order valence-corrected chi connectivity index (χ2v) is 7.44. The molecule has 23 heavy (non-hydrogen) atoms. The zero-order valence-electron chi connectivity index (χ0n) is 14.7. The van der Waals surface area contributed by atoms with Gasteiger partial charge in [0.25, 0.3) is 0 Å². The largest absolute Gasteiger partial charge is 0.314 e. The molecule has 2 fully saturated rings. The zero-order valence-corrected chi connectivity index (χ0v) is 14.7. The van der Waals surface area contributed by atoms with E-state index in [1.165, 1.54) is 76.9 Å². The first-order valence-corrected chi connectivity index (χ1v) is 9.49. The van der Waals surface area contributed by atoms with Gasteiger partial charge in [-0.3, -0.25) is 0 Å². The molecule has 2 atom stereocenters. The minimum Gasteiger partial charge on any atom is -0.314 e. The van der Waals surface area contributed by atoms with E-state index in [0.717, 1.165) is 12.0 Å². The van der Waals surface area contributed by atoms with Crippen LogP contribution in [0.25, 0.3) is 0 Å². The molecule has 1 saturated heterocycles. The van der Waals surface area contributed by atoms with Gasteiger partial charge in [0.1, 0.15) is 0 Å². The molecule has 3 rings (SSSR count). The maximum atomic E-state index is 3.86. The quantitative estimate of drug-likeness (QED) is 0.780. The lowest BCUT2D eigenvalue weighted by Crippen LogP contribution is -2.45. The van der Waals surface area contributed by atoms with E-state index in [9.17, 15) is 0 Å². The fourth-order valence-electron chi connectivity index (χ4n) is 4.13. The number of hydrogen-bond acceptors (Lipinski definition) is 3. The predicted molar refractivity (Wildman–Crippen MR) is 97.8 cm³/mol. The first-order chi connectivity index (χ1) is 11.3. The topological polar surface area (TPSA) is 18.5 Å². The van der Waals surface area contributed by atoms with E-state index in [0.29, 0.717) is 0 Å². The van der Waals surface area contributed by atoms with Crippen molar-refractivity contribution in [3.05, 3.63) is 35.9 Å². The maximum absolute atomic E-state index is 3.86. The fourth-order valence-corrected chi connectivity index (χ4v) is 4.13. The normalized spacial score (nSPS) is 26.7. The van der Waals surface area contributed by atoms with Gasteiger partial charge in [-0.15, -0.1) is 0 Å². The summed E-state index contributed by atoms with van der Waals surface area (Å²) in [6, 6.07) is 11.8. The Morgan fingerprint density at radius 2 is 1.83 bits per heavy atom. The van der Waals surface area contributed by atoms with Crippen molar-refractivity contribution < 1.29 is 0 Å². The predicted octanol–water partition coefficient (Wildman–Crippen LogP) is 2.62. The van der Waals surface area contributed by atoms with Crippen LogP contribution in [-0.2, 0) is 6.42 Å². The van der Waals surface area contributed by atoms with Crippen LogP contribution in [0.2, 0.25) is 0 Å². The number of hydrogen-bond donors (Lipinski definition) is 1. The minimum atomic E-state index is 0.739. The van der Waals surface area contributed by atoms with Crippen molar-refractivity contribution in [3.63, 3.8) is 0 Å². The molecule has 0 spiro atoms. The summed E-state index contributed by atoms with van der Waals surface area (Å²) in [5.41, 5.74) is 1.50. The van der Waals surface area contributed by atoms with Gasteiger partial charge in [-0.1, -0.05) is 36.8 Å². The SMILES string of the molecule is CN1CCN(CCCN[C@H]2CCC[C@H]2Cc2ccccc2)CC1. The van der Waals surface area contributed by atoms with Crippen LogP contribution in [-0.4, -0.2) is 62.2 Å². The monoisotopic (exact) mass is 315 g/mol. The Kier molecular flexibility index (Phi) is 6.49. The van der Waals surface area contributed by atoms with Crippen molar-refractivity contribution in [2.24, 2.45) is 5.92 Å². The molecule has 1 heterocycles. The van der Waals surface area contributed by atoms with Crippen molar-refractivity contribution in [2.45, 2.75) is 38.1 Å². The van der Waals surface area contributed by atoms with Gasteiger partial charge in [0.05, 0.1) is 0 Å². The average molecular weight is 316 g/mol. The minimum absolute atomic E-state index is 0.739. The van der Waals surface area contributed by atoms with Crippen LogP contribution in [0.3, 0.4) is 0 Å². The van der Waals surface area contributed by atoms with Crippen LogP contribution in [0, 0.1) is 5.92 Å². The van der Waals surface area contributed by atoms with E-state index in [-0.39, 0.29) is 0 Å². The molecule has 3 nitrogen and oxygen atoms in total. The highest BCUT2D eigenvalue weighted by molar-refractivity contribution is 5.16. The van der Waals surface area contributed by atoms with Gasteiger partial charge >= 0.3 is 0 Å². The Morgan fingerprint density at radius 3 is 2.61 bits per heavy atom. The summed E-state index contributed by atoms with van der Waals surface area (Å²) in [7, 11) is 2.23. The summed E-state index contributed by atoms with van der Waals surface area (Å²) >= 11 is 0. The fraction of sp³-hybridized carbons (Fsp3) is 0.700. The smallest absolute Gasteiger partial charge is 0.0110 e. The molecule has 1 saturated carbocycles. The first kappa shape index (κ1) is 16.9.